The fraction of sp³-hybridized carbons (Fsp3) is 0.667. The summed E-state index contributed by atoms with van der Waals surface area (Å²) >= 11 is 0. The maximum Gasteiger partial charge on any atom is 0.0484 e. The van der Waals surface area contributed by atoms with Crippen molar-refractivity contribution in [2.45, 2.75) is 65.0 Å². The summed E-state index contributed by atoms with van der Waals surface area (Å²) in [7, 11) is 0. The highest BCUT2D eigenvalue weighted by molar-refractivity contribution is 5.35. The molecule has 0 heterocycles. The fourth-order valence-corrected chi connectivity index (χ4v) is 4.13. The van der Waals surface area contributed by atoms with Gasteiger partial charge in [0, 0.05) is 11.6 Å². The Morgan fingerprint density at radius 3 is 2.25 bits per heavy atom. The van der Waals surface area contributed by atoms with E-state index in [0.717, 1.165) is 13.1 Å². The summed E-state index contributed by atoms with van der Waals surface area (Å²) < 4.78 is 0. The molecule has 0 radical (unpaired) electrons. The van der Waals surface area contributed by atoms with Crippen LogP contribution in [0.4, 0.5) is 0 Å². The number of hydrogen-bond donors (Lipinski definition) is 1. The molecule has 112 valence electrons. The fourth-order valence-electron chi connectivity index (χ4n) is 4.13. The first kappa shape index (κ1) is 15.5. The lowest BCUT2D eigenvalue weighted by Crippen LogP contribution is -2.53. The third-order valence-corrected chi connectivity index (χ3v) is 5.20. The standard InChI is InChI=1S/C18H30N2/c1-5-20(6-2)18(11-7-8-12-18)17(19)16-10-9-14(3)13-15(16)4/h9-10,13,17H,5-8,11-12,19H2,1-4H3. The molecule has 1 fully saturated rings. The molecule has 0 spiro atoms. The molecule has 2 nitrogen and oxygen atoms in total. The highest BCUT2D eigenvalue weighted by Gasteiger charge is 2.44. The number of benzene rings is 1. The van der Waals surface area contributed by atoms with Crippen LogP contribution in [0.1, 0.15) is 62.3 Å². The highest BCUT2D eigenvalue weighted by Crippen LogP contribution is 2.43. The van der Waals surface area contributed by atoms with E-state index in [9.17, 15) is 0 Å². The number of nitrogens with two attached hydrogens (primary N) is 1. The molecule has 1 unspecified atom stereocenters. The van der Waals surface area contributed by atoms with Gasteiger partial charge >= 0.3 is 0 Å². The van der Waals surface area contributed by atoms with E-state index in [1.165, 1.54) is 42.4 Å². The Kier molecular flexibility index (Phi) is 4.87. The van der Waals surface area contributed by atoms with Crippen molar-refractivity contribution < 1.29 is 0 Å². The van der Waals surface area contributed by atoms with Gasteiger partial charge in [0.15, 0.2) is 0 Å². The molecule has 0 saturated heterocycles. The third kappa shape index (κ3) is 2.64. The van der Waals surface area contributed by atoms with Crippen molar-refractivity contribution in [1.82, 2.24) is 4.90 Å². The second-order valence-electron chi connectivity index (χ2n) is 6.32. The average molecular weight is 274 g/mol. The van der Waals surface area contributed by atoms with Gasteiger partial charge in [-0.3, -0.25) is 4.90 Å². The summed E-state index contributed by atoms with van der Waals surface area (Å²) in [5, 5.41) is 0. The quantitative estimate of drug-likeness (QED) is 0.880. The largest absolute Gasteiger partial charge is 0.322 e. The van der Waals surface area contributed by atoms with Gasteiger partial charge in [-0.25, -0.2) is 0 Å². The Morgan fingerprint density at radius 2 is 1.75 bits per heavy atom. The van der Waals surface area contributed by atoms with Gasteiger partial charge in [0.1, 0.15) is 0 Å². The predicted molar refractivity (Wildman–Crippen MR) is 87.0 cm³/mol. The van der Waals surface area contributed by atoms with Gasteiger partial charge in [0.05, 0.1) is 0 Å². The van der Waals surface area contributed by atoms with E-state index in [-0.39, 0.29) is 11.6 Å². The first-order chi connectivity index (χ1) is 9.55. The molecule has 1 aromatic carbocycles. The van der Waals surface area contributed by atoms with Crippen LogP contribution in [0.15, 0.2) is 18.2 Å². The number of hydrogen-bond acceptors (Lipinski definition) is 2. The van der Waals surface area contributed by atoms with Crippen LogP contribution in [0.2, 0.25) is 0 Å². The average Bonchev–Trinajstić information content (AvgIpc) is 2.90. The van der Waals surface area contributed by atoms with Gasteiger partial charge in [-0.2, -0.15) is 0 Å². The van der Waals surface area contributed by atoms with Crippen LogP contribution < -0.4 is 5.73 Å². The van der Waals surface area contributed by atoms with Crippen LogP contribution in [0, 0.1) is 13.8 Å². The molecule has 2 heteroatoms. The van der Waals surface area contributed by atoms with Crippen LogP contribution in [-0.4, -0.2) is 23.5 Å². The molecule has 0 aromatic heterocycles. The molecule has 20 heavy (non-hydrogen) atoms. The van der Waals surface area contributed by atoms with Gasteiger partial charge < -0.3 is 5.73 Å². The normalized spacial score (nSPS) is 19.5. The van der Waals surface area contributed by atoms with Crippen molar-refractivity contribution in [3.05, 3.63) is 34.9 Å². The number of nitrogens with zero attached hydrogens (tertiary/aromatic N) is 1. The van der Waals surface area contributed by atoms with Crippen molar-refractivity contribution in [3.8, 4) is 0 Å². The van der Waals surface area contributed by atoms with Crippen LogP contribution in [0.5, 0.6) is 0 Å². The zero-order valence-corrected chi connectivity index (χ0v) is 13.6. The predicted octanol–water partition coefficient (Wildman–Crippen LogP) is 3.96. The summed E-state index contributed by atoms with van der Waals surface area (Å²) in [5.74, 6) is 0. The monoisotopic (exact) mass is 274 g/mol. The summed E-state index contributed by atoms with van der Waals surface area (Å²) in [5.41, 5.74) is 11.0. The maximum atomic E-state index is 6.80. The van der Waals surface area contributed by atoms with Crippen molar-refractivity contribution in [2.24, 2.45) is 5.73 Å². The number of rotatable bonds is 5. The summed E-state index contributed by atoms with van der Waals surface area (Å²) in [6.07, 6.45) is 5.11. The van der Waals surface area contributed by atoms with Crippen LogP contribution in [0.3, 0.4) is 0 Å². The van der Waals surface area contributed by atoms with Crippen LogP contribution in [0.25, 0.3) is 0 Å². The number of aryl methyl sites for hydroxylation is 2. The lowest BCUT2D eigenvalue weighted by atomic mass is 9.80. The molecule has 0 aliphatic heterocycles. The Labute approximate surface area is 124 Å². The smallest absolute Gasteiger partial charge is 0.0484 e. The maximum absolute atomic E-state index is 6.80. The van der Waals surface area contributed by atoms with E-state index in [4.69, 9.17) is 5.73 Å². The molecule has 0 bridgehead atoms. The first-order valence-corrected chi connectivity index (χ1v) is 8.13. The molecule has 1 saturated carbocycles. The molecule has 1 aliphatic carbocycles. The Hall–Kier alpha value is -0.860. The summed E-state index contributed by atoms with van der Waals surface area (Å²) in [4.78, 5) is 2.60. The first-order valence-electron chi connectivity index (χ1n) is 8.13. The molecular weight excluding hydrogens is 244 g/mol. The van der Waals surface area contributed by atoms with Gasteiger partial charge in [-0.05, 0) is 50.9 Å². The minimum absolute atomic E-state index is 0.130. The SMILES string of the molecule is CCN(CC)C1(C(N)c2ccc(C)cc2C)CCCC1. The van der Waals surface area contributed by atoms with E-state index in [1.54, 1.807) is 0 Å². The van der Waals surface area contributed by atoms with Crippen LogP contribution >= 0.6 is 0 Å². The van der Waals surface area contributed by atoms with E-state index in [2.05, 4.69) is 50.8 Å². The minimum atomic E-state index is 0.130. The molecule has 1 atom stereocenters. The summed E-state index contributed by atoms with van der Waals surface area (Å²) in [6.45, 7) is 11.1. The second-order valence-corrected chi connectivity index (χ2v) is 6.32. The highest BCUT2D eigenvalue weighted by atomic mass is 15.2. The molecule has 1 aromatic rings. The molecule has 1 aliphatic rings. The zero-order chi connectivity index (χ0) is 14.8. The Morgan fingerprint density at radius 1 is 1.15 bits per heavy atom. The van der Waals surface area contributed by atoms with Gasteiger partial charge in [0.25, 0.3) is 0 Å². The van der Waals surface area contributed by atoms with E-state index < -0.39 is 0 Å². The van der Waals surface area contributed by atoms with Crippen molar-refractivity contribution in [3.63, 3.8) is 0 Å². The van der Waals surface area contributed by atoms with Crippen molar-refractivity contribution in [2.75, 3.05) is 13.1 Å². The third-order valence-electron chi connectivity index (χ3n) is 5.20. The minimum Gasteiger partial charge on any atom is -0.322 e. The second kappa shape index (κ2) is 6.28. The lowest BCUT2D eigenvalue weighted by molar-refractivity contribution is 0.0768. The van der Waals surface area contributed by atoms with E-state index in [0.29, 0.717) is 0 Å². The van der Waals surface area contributed by atoms with Crippen molar-refractivity contribution >= 4 is 0 Å². The molecular formula is C18H30N2. The van der Waals surface area contributed by atoms with Gasteiger partial charge in [-0.15, -0.1) is 0 Å². The lowest BCUT2D eigenvalue weighted by Gasteiger charge is -2.45. The topological polar surface area (TPSA) is 29.3 Å². The Bertz CT molecular complexity index is 443. The van der Waals surface area contributed by atoms with Crippen LogP contribution in [-0.2, 0) is 0 Å². The molecule has 2 N–H and O–H groups in total. The number of likely N-dealkylation sites (N-methyl/N-ethyl adjacent to an activating group) is 1. The Balaban J connectivity index is 2.38. The van der Waals surface area contributed by atoms with E-state index in [1.807, 2.05) is 0 Å². The summed E-state index contributed by atoms with van der Waals surface area (Å²) in [6, 6.07) is 6.84. The van der Waals surface area contributed by atoms with Gasteiger partial charge in [0.2, 0.25) is 0 Å². The molecule has 2 rings (SSSR count). The van der Waals surface area contributed by atoms with Crippen molar-refractivity contribution in [1.29, 1.82) is 0 Å². The van der Waals surface area contributed by atoms with E-state index >= 15 is 0 Å². The molecule has 0 amide bonds. The zero-order valence-electron chi connectivity index (χ0n) is 13.6. The van der Waals surface area contributed by atoms with Gasteiger partial charge in [-0.1, -0.05) is 50.5 Å².